The van der Waals surface area contributed by atoms with E-state index in [1.807, 2.05) is 72.8 Å². The third-order valence-electron chi connectivity index (χ3n) is 7.36. The number of nitrogens with one attached hydrogen (secondary N) is 2. The third kappa shape index (κ3) is 14.2. The number of hydrogen-bond donors (Lipinski definition) is 2. The van der Waals surface area contributed by atoms with Crippen molar-refractivity contribution >= 4 is 68.8 Å². The van der Waals surface area contributed by atoms with Gasteiger partial charge in [0.2, 0.25) is 0 Å². The summed E-state index contributed by atoms with van der Waals surface area (Å²) < 4.78 is 11.9. The summed E-state index contributed by atoms with van der Waals surface area (Å²) in [6, 6.07) is 40.9. The van der Waals surface area contributed by atoms with Crippen LogP contribution in [0, 0.1) is 0 Å². The number of thiocarbonyl (C=S) groups is 4. The third-order valence-corrected chi connectivity index (χ3v) is 8.64. The van der Waals surface area contributed by atoms with Gasteiger partial charge in [0, 0.05) is 39.3 Å². The Balaban J connectivity index is 1.31. The SMILES string of the molecule is S=C(COCC(=S)N(CCN(Cc1ccccc1)C(=S)COCC(=S)NCc1ccccc1)Cc1ccccc1)NCc1ccccc1. The van der Waals surface area contributed by atoms with Gasteiger partial charge in [-0.2, -0.15) is 0 Å². The predicted molar refractivity (Wildman–Crippen MR) is 212 cm³/mol. The molecule has 0 amide bonds. The molecule has 48 heavy (non-hydrogen) atoms. The average molecular weight is 715 g/mol. The number of ether oxygens (including phenoxy) is 2. The zero-order chi connectivity index (χ0) is 33.8. The van der Waals surface area contributed by atoms with Crippen molar-refractivity contribution in [2.75, 3.05) is 39.5 Å². The molecule has 4 rings (SSSR count). The second-order valence-electron chi connectivity index (χ2n) is 11.1. The van der Waals surface area contributed by atoms with Gasteiger partial charge in [0.25, 0.3) is 0 Å². The molecule has 0 aliphatic carbocycles. The summed E-state index contributed by atoms with van der Waals surface area (Å²) in [6.45, 7) is 5.10. The first kappa shape index (κ1) is 37.2. The van der Waals surface area contributed by atoms with Crippen LogP contribution >= 0.6 is 48.9 Å². The molecule has 0 aliphatic heterocycles. The van der Waals surface area contributed by atoms with Crippen LogP contribution < -0.4 is 10.6 Å². The summed E-state index contributed by atoms with van der Waals surface area (Å²) in [6.07, 6.45) is 0. The van der Waals surface area contributed by atoms with E-state index in [4.69, 9.17) is 58.3 Å². The van der Waals surface area contributed by atoms with Gasteiger partial charge < -0.3 is 29.9 Å². The number of hydrogen-bond acceptors (Lipinski definition) is 6. The van der Waals surface area contributed by atoms with Gasteiger partial charge in [0.05, 0.1) is 26.4 Å². The van der Waals surface area contributed by atoms with Crippen molar-refractivity contribution in [3.63, 3.8) is 0 Å². The molecule has 4 aromatic carbocycles. The molecule has 4 aromatic rings. The van der Waals surface area contributed by atoms with Crippen LogP contribution in [0.5, 0.6) is 0 Å². The lowest BCUT2D eigenvalue weighted by Crippen LogP contribution is -2.42. The minimum atomic E-state index is 0.287. The van der Waals surface area contributed by atoms with Crippen LogP contribution in [0.2, 0.25) is 0 Å². The normalized spacial score (nSPS) is 10.6. The highest BCUT2D eigenvalue weighted by Gasteiger charge is 2.17. The average Bonchev–Trinajstić information content (AvgIpc) is 3.12. The zero-order valence-corrected chi connectivity index (χ0v) is 30.2. The Morgan fingerprint density at radius 1 is 0.438 bits per heavy atom. The van der Waals surface area contributed by atoms with E-state index in [-0.39, 0.29) is 13.2 Å². The van der Waals surface area contributed by atoms with Crippen molar-refractivity contribution in [1.29, 1.82) is 0 Å². The molecule has 0 fully saturated rings. The lowest BCUT2D eigenvalue weighted by Gasteiger charge is -2.31. The van der Waals surface area contributed by atoms with E-state index >= 15 is 0 Å². The molecule has 0 radical (unpaired) electrons. The summed E-state index contributed by atoms with van der Waals surface area (Å²) in [7, 11) is 0. The molecule has 6 nitrogen and oxygen atoms in total. The number of benzene rings is 4. The van der Waals surface area contributed by atoms with Gasteiger partial charge in [0.1, 0.15) is 20.0 Å². The van der Waals surface area contributed by atoms with Crippen LogP contribution in [0.25, 0.3) is 0 Å². The standard InChI is InChI=1S/C38H42N4O2S4/c45-35(39-23-31-13-5-1-6-14-31)27-43-29-37(47)41(25-33-17-9-3-10-18-33)21-22-42(26-34-19-11-4-12-20-34)38(48)30-44-28-36(46)40-24-32-15-7-2-8-16-32/h1-20H,21-30H2,(H,39,45)(H,40,46). The van der Waals surface area contributed by atoms with Crippen molar-refractivity contribution < 1.29 is 9.47 Å². The van der Waals surface area contributed by atoms with E-state index in [1.165, 1.54) is 0 Å². The highest BCUT2D eigenvalue weighted by Crippen LogP contribution is 2.11. The molecule has 0 saturated carbocycles. The van der Waals surface area contributed by atoms with Crippen LogP contribution in [0.4, 0.5) is 0 Å². The Kier molecular flexibility index (Phi) is 16.5. The molecule has 0 heterocycles. The Bertz CT molecular complexity index is 1440. The maximum atomic E-state index is 5.97. The van der Waals surface area contributed by atoms with Crippen LogP contribution in [0.15, 0.2) is 121 Å². The molecule has 0 atom stereocenters. The zero-order valence-electron chi connectivity index (χ0n) is 27.0. The Hall–Kier alpha value is -3.64. The molecule has 0 unspecified atom stereocenters. The van der Waals surface area contributed by atoms with Crippen LogP contribution in [0.1, 0.15) is 22.3 Å². The Morgan fingerprint density at radius 3 is 1.08 bits per heavy atom. The van der Waals surface area contributed by atoms with E-state index in [0.717, 1.165) is 22.3 Å². The largest absolute Gasteiger partial charge is 0.374 e. The smallest absolute Gasteiger partial charge is 0.104 e. The first-order valence-corrected chi connectivity index (χ1v) is 17.5. The van der Waals surface area contributed by atoms with Crippen LogP contribution in [-0.2, 0) is 35.7 Å². The van der Waals surface area contributed by atoms with Crippen molar-refractivity contribution in [3.8, 4) is 0 Å². The van der Waals surface area contributed by atoms with Gasteiger partial charge in [-0.3, -0.25) is 0 Å². The molecule has 0 spiro atoms. The van der Waals surface area contributed by atoms with E-state index in [9.17, 15) is 0 Å². The van der Waals surface area contributed by atoms with Gasteiger partial charge in [0.15, 0.2) is 0 Å². The minimum Gasteiger partial charge on any atom is -0.374 e. The lowest BCUT2D eigenvalue weighted by molar-refractivity contribution is 0.196. The van der Waals surface area contributed by atoms with Crippen molar-refractivity contribution in [1.82, 2.24) is 20.4 Å². The molecule has 0 bridgehead atoms. The maximum absolute atomic E-state index is 5.97. The first-order chi connectivity index (χ1) is 23.5. The highest BCUT2D eigenvalue weighted by atomic mass is 32.1. The fourth-order valence-electron chi connectivity index (χ4n) is 4.77. The number of rotatable bonds is 19. The monoisotopic (exact) mass is 714 g/mol. The summed E-state index contributed by atoms with van der Waals surface area (Å²) in [5.74, 6) is 0. The fourth-order valence-corrected chi connectivity index (χ4v) is 5.56. The molecular weight excluding hydrogens is 673 g/mol. The van der Waals surface area contributed by atoms with Crippen molar-refractivity contribution in [2.24, 2.45) is 0 Å². The fraction of sp³-hybridized carbons (Fsp3) is 0.263. The van der Waals surface area contributed by atoms with Gasteiger partial charge in [-0.1, -0.05) is 170 Å². The second-order valence-corrected chi connectivity index (χ2v) is 13.0. The van der Waals surface area contributed by atoms with E-state index in [2.05, 4.69) is 69.0 Å². The number of nitrogens with zero attached hydrogens (tertiary/aromatic N) is 2. The summed E-state index contributed by atoms with van der Waals surface area (Å²) in [4.78, 5) is 7.06. The van der Waals surface area contributed by atoms with Crippen LogP contribution in [0.3, 0.4) is 0 Å². The molecule has 0 saturated heterocycles. The quantitative estimate of drug-likeness (QED) is 0.100. The van der Waals surface area contributed by atoms with Crippen molar-refractivity contribution in [2.45, 2.75) is 26.2 Å². The first-order valence-electron chi connectivity index (χ1n) is 15.9. The second kappa shape index (κ2) is 21.4. The van der Waals surface area contributed by atoms with Gasteiger partial charge in [-0.25, -0.2) is 0 Å². The molecule has 250 valence electrons. The molecule has 10 heteroatoms. The highest BCUT2D eigenvalue weighted by molar-refractivity contribution is 7.81. The van der Waals surface area contributed by atoms with E-state index in [1.54, 1.807) is 0 Å². The Morgan fingerprint density at radius 2 is 0.750 bits per heavy atom. The summed E-state index contributed by atoms with van der Waals surface area (Å²) in [5, 5.41) is 6.52. The Labute approximate surface area is 306 Å². The molecular formula is C38H42N4O2S4. The molecule has 2 N–H and O–H groups in total. The van der Waals surface area contributed by atoms with Gasteiger partial charge in [-0.05, 0) is 22.3 Å². The lowest BCUT2D eigenvalue weighted by atomic mass is 10.2. The van der Waals surface area contributed by atoms with Gasteiger partial charge in [-0.15, -0.1) is 0 Å². The van der Waals surface area contributed by atoms with E-state index < -0.39 is 0 Å². The summed E-state index contributed by atoms with van der Waals surface area (Å²) in [5.41, 5.74) is 4.65. The van der Waals surface area contributed by atoms with E-state index in [0.29, 0.717) is 72.4 Å². The predicted octanol–water partition coefficient (Wildman–Crippen LogP) is 6.91. The van der Waals surface area contributed by atoms with Gasteiger partial charge >= 0.3 is 0 Å². The molecule has 0 aliphatic rings. The van der Waals surface area contributed by atoms with Crippen LogP contribution in [-0.4, -0.2) is 69.3 Å². The maximum Gasteiger partial charge on any atom is 0.104 e. The topological polar surface area (TPSA) is 49.0 Å². The molecule has 0 aromatic heterocycles. The summed E-state index contributed by atoms with van der Waals surface area (Å²) >= 11 is 22.8. The van der Waals surface area contributed by atoms with Crippen molar-refractivity contribution in [3.05, 3.63) is 144 Å². The minimum absolute atomic E-state index is 0.287.